The van der Waals surface area contributed by atoms with Gasteiger partial charge in [-0.15, -0.1) is 10.2 Å². The van der Waals surface area contributed by atoms with Crippen molar-refractivity contribution in [3.05, 3.63) is 59.7 Å². The Balaban J connectivity index is 0.655. The second kappa shape index (κ2) is 16.1. The smallest absolute Gasteiger partial charge is 0.264 e. The minimum absolute atomic E-state index is 0.113. The first-order valence-corrected chi connectivity index (χ1v) is 22.5. The van der Waals surface area contributed by atoms with Crippen molar-refractivity contribution in [2.75, 3.05) is 74.0 Å². The van der Waals surface area contributed by atoms with Crippen molar-refractivity contribution in [3.63, 3.8) is 0 Å². The Labute approximate surface area is 351 Å². The second-order valence-corrected chi connectivity index (χ2v) is 18.5. The number of nitrogens with one attached hydrogen (secondary N) is 2. The van der Waals surface area contributed by atoms with Gasteiger partial charge in [0.1, 0.15) is 11.8 Å². The monoisotopic (exact) mass is 815 g/mol. The Morgan fingerprint density at radius 3 is 2.33 bits per heavy atom. The van der Waals surface area contributed by atoms with Crippen molar-refractivity contribution < 1.29 is 24.3 Å². The predicted molar refractivity (Wildman–Crippen MR) is 228 cm³/mol. The van der Waals surface area contributed by atoms with Crippen LogP contribution >= 0.6 is 0 Å². The molecule has 3 aromatic rings. The molecule has 2 aromatic carbocycles. The lowest BCUT2D eigenvalue weighted by molar-refractivity contribution is -0.136. The Bertz CT molecular complexity index is 2150. The molecule has 1 saturated carbocycles. The second-order valence-electron chi connectivity index (χ2n) is 18.5. The maximum atomic E-state index is 13.6. The highest BCUT2D eigenvalue weighted by Crippen LogP contribution is 2.46. The third-order valence-electron chi connectivity index (χ3n) is 15.2. The molecule has 0 bridgehead atoms. The van der Waals surface area contributed by atoms with Crippen LogP contribution in [0.2, 0.25) is 0 Å². The normalized spacial score (nSPS) is 25.2. The zero-order valence-electron chi connectivity index (χ0n) is 34.5. The van der Waals surface area contributed by atoms with Gasteiger partial charge in [0.15, 0.2) is 5.82 Å². The van der Waals surface area contributed by atoms with Crippen LogP contribution in [0.3, 0.4) is 0 Å². The van der Waals surface area contributed by atoms with Gasteiger partial charge in [-0.05, 0) is 132 Å². The van der Waals surface area contributed by atoms with E-state index in [1.807, 2.05) is 30.3 Å². The van der Waals surface area contributed by atoms with Crippen LogP contribution in [0.1, 0.15) is 97.8 Å². The van der Waals surface area contributed by atoms with Crippen LogP contribution in [0, 0.1) is 11.3 Å². The fourth-order valence-corrected chi connectivity index (χ4v) is 11.6. The number of hydrogen-bond donors (Lipinski definition) is 3. The van der Waals surface area contributed by atoms with Gasteiger partial charge in [-0.3, -0.25) is 34.3 Å². The predicted octanol–water partition coefficient (Wildman–Crippen LogP) is 4.89. The molecule has 4 saturated heterocycles. The van der Waals surface area contributed by atoms with Crippen molar-refractivity contribution in [1.82, 2.24) is 30.2 Å². The fourth-order valence-electron chi connectivity index (χ4n) is 11.6. The minimum Gasteiger partial charge on any atom is -0.507 e. The summed E-state index contributed by atoms with van der Waals surface area (Å²) in [7, 11) is 0. The number of piperidine rings is 3. The zero-order valence-corrected chi connectivity index (χ0v) is 34.5. The maximum Gasteiger partial charge on any atom is 0.264 e. The van der Waals surface area contributed by atoms with Gasteiger partial charge in [-0.2, -0.15) is 0 Å². The van der Waals surface area contributed by atoms with Crippen LogP contribution in [0.5, 0.6) is 5.75 Å². The Morgan fingerprint density at radius 2 is 1.55 bits per heavy atom. The highest BCUT2D eigenvalue weighted by molar-refractivity contribution is 6.25. The Morgan fingerprint density at radius 1 is 0.767 bits per heavy atom. The molecule has 7 heterocycles. The van der Waals surface area contributed by atoms with E-state index in [9.17, 15) is 24.3 Å². The number of carbonyl (C=O) groups excluding carboxylic acids is 4. The largest absolute Gasteiger partial charge is 0.507 e. The molecule has 0 radical (unpaired) electrons. The number of anilines is 3. The first-order chi connectivity index (χ1) is 29.2. The Hall–Kier alpha value is -5.08. The molecule has 2 atom stereocenters. The molecule has 2 unspecified atom stereocenters. The van der Waals surface area contributed by atoms with Crippen LogP contribution in [-0.4, -0.2) is 131 Å². The van der Waals surface area contributed by atoms with E-state index in [-0.39, 0.29) is 24.5 Å². The summed E-state index contributed by atoms with van der Waals surface area (Å²) in [6.07, 6.45) is 12.7. The van der Waals surface area contributed by atoms with Gasteiger partial charge in [0.05, 0.1) is 34.2 Å². The van der Waals surface area contributed by atoms with E-state index in [1.165, 1.54) is 71.0 Å². The van der Waals surface area contributed by atoms with E-state index >= 15 is 0 Å². The number of hydrogen-bond acceptors (Lipinski definition) is 12. The average Bonchev–Trinajstić information content (AvgIpc) is 3.53. The van der Waals surface area contributed by atoms with E-state index in [4.69, 9.17) is 0 Å². The third kappa shape index (κ3) is 7.29. The first kappa shape index (κ1) is 39.1. The van der Waals surface area contributed by atoms with Crippen molar-refractivity contribution in [2.24, 2.45) is 11.3 Å². The van der Waals surface area contributed by atoms with Crippen LogP contribution in [0.4, 0.5) is 17.2 Å². The van der Waals surface area contributed by atoms with Crippen LogP contribution in [0.15, 0.2) is 48.5 Å². The van der Waals surface area contributed by atoms with E-state index in [2.05, 4.69) is 46.5 Å². The van der Waals surface area contributed by atoms with E-state index in [0.717, 1.165) is 74.2 Å². The number of imide groups is 2. The fraction of sp³-hybridized carbons (Fsp3) is 0.565. The highest BCUT2D eigenvalue weighted by atomic mass is 16.3. The van der Waals surface area contributed by atoms with Crippen molar-refractivity contribution in [2.45, 2.75) is 95.2 Å². The Kier molecular flexibility index (Phi) is 10.5. The van der Waals surface area contributed by atoms with Gasteiger partial charge in [-0.25, -0.2) is 0 Å². The quantitative estimate of drug-likeness (QED) is 0.266. The molecule has 1 spiro atoms. The number of aromatic nitrogens is 2. The first-order valence-electron chi connectivity index (χ1n) is 22.5. The number of aromatic hydroxyl groups is 1. The summed E-state index contributed by atoms with van der Waals surface area (Å²) in [5, 5.41) is 25.2. The molecular formula is C46H57N9O5. The molecule has 316 valence electrons. The summed E-state index contributed by atoms with van der Waals surface area (Å²) in [5.74, 6) is -0.121. The lowest BCUT2D eigenvalue weighted by atomic mass is 9.66. The van der Waals surface area contributed by atoms with Gasteiger partial charge in [0, 0.05) is 57.3 Å². The van der Waals surface area contributed by atoms with Gasteiger partial charge >= 0.3 is 0 Å². The summed E-state index contributed by atoms with van der Waals surface area (Å²) in [5.41, 5.74) is 4.53. The molecule has 1 aromatic heterocycles. The number of amides is 4. The summed E-state index contributed by atoms with van der Waals surface area (Å²) in [6, 6.07) is 14.9. The topological polar surface area (TPSA) is 155 Å². The maximum absolute atomic E-state index is 13.6. The third-order valence-corrected chi connectivity index (χ3v) is 15.2. The molecule has 3 N–H and O–H groups in total. The van der Waals surface area contributed by atoms with E-state index in [1.54, 1.807) is 12.1 Å². The number of likely N-dealkylation sites (tertiary alicyclic amines) is 1. The van der Waals surface area contributed by atoms with Crippen LogP contribution < -0.4 is 20.4 Å². The number of benzene rings is 2. The highest BCUT2D eigenvalue weighted by Gasteiger charge is 2.47. The number of carbonyl (C=O) groups is 4. The number of phenols is 1. The molecule has 14 nitrogen and oxygen atoms in total. The summed E-state index contributed by atoms with van der Waals surface area (Å²) in [6.45, 7) is 9.24. The zero-order chi connectivity index (χ0) is 41.0. The molecule has 5 fully saturated rings. The number of rotatable bonds is 8. The number of phenolic OH excluding ortho intramolecular Hbond substituents is 1. The lowest BCUT2D eigenvalue weighted by Crippen LogP contribution is -2.60. The van der Waals surface area contributed by atoms with Crippen molar-refractivity contribution in [3.8, 4) is 17.0 Å². The standard InChI is InChI=1S/C46H57N9O5/c56-39-9-2-1-6-33(39)35-27-38-42(50-49-35)47-28-32-29-53(25-26-54(32)38)31-12-16-46(17-13-31)18-23-51(24-19-46)20-4-5-30-14-21-52(22-15-30)36-8-3-7-34-41(36)45(60)55(44(34)59)37-10-11-40(57)48-43(37)58/h1-3,6-9,27,30-32,37,56H,4-5,10-26,28-29H2,(H,47,50)(H,48,57,58). The minimum atomic E-state index is -0.952. The summed E-state index contributed by atoms with van der Waals surface area (Å²) < 4.78 is 0. The van der Waals surface area contributed by atoms with Gasteiger partial charge < -0.3 is 25.1 Å². The van der Waals surface area contributed by atoms with Crippen molar-refractivity contribution >= 4 is 40.8 Å². The molecule has 10 rings (SSSR count). The number of para-hydroxylation sites is 1. The summed E-state index contributed by atoms with van der Waals surface area (Å²) >= 11 is 0. The van der Waals surface area contributed by atoms with E-state index < -0.39 is 23.8 Å². The number of piperazine rings is 1. The van der Waals surface area contributed by atoms with Gasteiger partial charge in [-0.1, -0.05) is 18.2 Å². The number of fused-ring (bicyclic) bond motifs is 4. The van der Waals surface area contributed by atoms with Gasteiger partial charge in [0.25, 0.3) is 11.8 Å². The molecule has 4 amide bonds. The molecular weight excluding hydrogens is 759 g/mol. The summed E-state index contributed by atoms with van der Waals surface area (Å²) in [4.78, 5) is 62.6. The van der Waals surface area contributed by atoms with Crippen molar-refractivity contribution in [1.29, 1.82) is 0 Å². The van der Waals surface area contributed by atoms with Crippen LogP contribution in [-0.2, 0) is 9.59 Å². The molecule has 7 aliphatic rings. The SMILES string of the molecule is O=C1CCC(N2C(=O)c3cccc(N4CCC(CCCN5CCC6(CCC(N7CCN8c9cc(-c%10ccccc%10O)nnc9NCC8C7)CC6)CC5)CC4)c3C2=O)C(=O)N1. The molecule has 1 aliphatic carbocycles. The number of nitrogens with zero attached hydrogens (tertiary/aromatic N) is 7. The van der Waals surface area contributed by atoms with E-state index in [0.29, 0.717) is 45.8 Å². The van der Waals surface area contributed by atoms with Crippen LogP contribution in [0.25, 0.3) is 11.3 Å². The lowest BCUT2D eigenvalue weighted by Gasteiger charge is -2.51. The average molecular weight is 816 g/mol. The molecule has 60 heavy (non-hydrogen) atoms. The molecule has 14 heteroatoms. The molecule has 6 aliphatic heterocycles. The van der Waals surface area contributed by atoms with Gasteiger partial charge in [0.2, 0.25) is 11.8 Å².